The number of aromatic amines is 1. The minimum absolute atomic E-state index is 0.205. The average molecular weight is 267 g/mol. The number of hydrogen-bond acceptors (Lipinski definition) is 4. The molecule has 1 aromatic heterocycles. The van der Waals surface area contributed by atoms with Gasteiger partial charge in [-0.1, -0.05) is 20.3 Å². The average Bonchev–Trinajstić information content (AvgIpc) is 2.41. The second-order valence-corrected chi connectivity index (χ2v) is 4.21. The number of pyridine rings is 1. The molecule has 0 spiro atoms. The van der Waals surface area contributed by atoms with Gasteiger partial charge < -0.3 is 14.5 Å². The van der Waals surface area contributed by atoms with Gasteiger partial charge in [0.1, 0.15) is 6.61 Å². The van der Waals surface area contributed by atoms with Gasteiger partial charge in [0.2, 0.25) is 5.56 Å². The highest BCUT2D eigenvalue weighted by Crippen LogP contribution is 2.02. The first kappa shape index (κ1) is 15.4. The van der Waals surface area contributed by atoms with Crippen LogP contribution in [0, 0.1) is 0 Å². The third-order valence-corrected chi connectivity index (χ3v) is 2.62. The van der Waals surface area contributed by atoms with Gasteiger partial charge in [-0.25, -0.2) is 4.79 Å². The van der Waals surface area contributed by atoms with Crippen LogP contribution < -0.4 is 5.56 Å². The molecular formula is C14H21NO4. The van der Waals surface area contributed by atoms with Crippen LogP contribution in [0.25, 0.3) is 0 Å². The molecule has 1 rings (SSSR count). The number of esters is 1. The van der Waals surface area contributed by atoms with Crippen LogP contribution in [0.2, 0.25) is 0 Å². The van der Waals surface area contributed by atoms with Crippen LogP contribution in [0.15, 0.2) is 16.9 Å². The summed E-state index contributed by atoms with van der Waals surface area (Å²) < 4.78 is 10.3. The van der Waals surface area contributed by atoms with Crippen LogP contribution in [0.4, 0.5) is 0 Å². The summed E-state index contributed by atoms with van der Waals surface area (Å²) in [5.41, 5.74) is 0.721. The summed E-state index contributed by atoms with van der Waals surface area (Å²) in [6.07, 6.45) is 2.74. The molecule has 106 valence electrons. The van der Waals surface area contributed by atoms with E-state index in [0.717, 1.165) is 18.5 Å². The van der Waals surface area contributed by atoms with E-state index in [2.05, 4.69) is 11.9 Å². The number of hydrogen-bond donors (Lipinski definition) is 1. The maximum absolute atomic E-state index is 11.7. The number of carbonyl (C=O) groups is 1. The van der Waals surface area contributed by atoms with Crippen molar-refractivity contribution in [2.75, 3.05) is 19.8 Å². The molecule has 1 heterocycles. The molecule has 0 unspecified atom stereocenters. The standard InChI is InChI=1S/C14H21NO4/c1-3-5-6-18-7-8-19-14(17)11-9-12(4-2)15-13(16)10-11/h9-10H,3-8H2,1-2H3,(H,15,16). The van der Waals surface area contributed by atoms with E-state index in [1.807, 2.05) is 6.92 Å². The van der Waals surface area contributed by atoms with Gasteiger partial charge in [0, 0.05) is 18.4 Å². The van der Waals surface area contributed by atoms with Crippen molar-refractivity contribution in [1.82, 2.24) is 4.98 Å². The summed E-state index contributed by atoms with van der Waals surface area (Å²) in [5.74, 6) is -0.486. The zero-order chi connectivity index (χ0) is 14.1. The highest BCUT2D eigenvalue weighted by Gasteiger charge is 2.09. The zero-order valence-corrected chi connectivity index (χ0v) is 11.5. The van der Waals surface area contributed by atoms with Crippen molar-refractivity contribution in [3.05, 3.63) is 33.7 Å². The molecule has 0 aliphatic rings. The Labute approximate surface area is 112 Å². The van der Waals surface area contributed by atoms with E-state index in [4.69, 9.17) is 9.47 Å². The van der Waals surface area contributed by atoms with Gasteiger partial charge >= 0.3 is 5.97 Å². The minimum Gasteiger partial charge on any atom is -0.460 e. The van der Waals surface area contributed by atoms with Crippen molar-refractivity contribution in [2.45, 2.75) is 33.1 Å². The number of ether oxygens (including phenoxy) is 2. The van der Waals surface area contributed by atoms with E-state index in [1.54, 1.807) is 6.07 Å². The Balaban J connectivity index is 2.41. The van der Waals surface area contributed by atoms with Crippen LogP contribution in [0.1, 0.15) is 42.7 Å². The summed E-state index contributed by atoms with van der Waals surface area (Å²) in [6, 6.07) is 2.89. The number of aryl methyl sites for hydroxylation is 1. The molecule has 0 fully saturated rings. The van der Waals surface area contributed by atoms with Crippen LogP contribution in [-0.4, -0.2) is 30.8 Å². The van der Waals surface area contributed by atoms with Crippen molar-refractivity contribution < 1.29 is 14.3 Å². The molecule has 0 saturated carbocycles. The maximum Gasteiger partial charge on any atom is 0.338 e. The van der Waals surface area contributed by atoms with Crippen molar-refractivity contribution in [3.8, 4) is 0 Å². The van der Waals surface area contributed by atoms with E-state index in [0.29, 0.717) is 19.6 Å². The molecule has 0 aromatic carbocycles. The lowest BCUT2D eigenvalue weighted by Gasteiger charge is -2.06. The Kier molecular flexibility index (Phi) is 6.89. The first-order valence-corrected chi connectivity index (χ1v) is 6.65. The first-order valence-electron chi connectivity index (χ1n) is 6.65. The number of aromatic nitrogens is 1. The lowest BCUT2D eigenvalue weighted by molar-refractivity contribution is 0.0313. The number of nitrogens with one attached hydrogen (secondary N) is 1. The quantitative estimate of drug-likeness (QED) is 0.577. The SMILES string of the molecule is CCCCOCCOC(=O)c1cc(CC)[nH]c(=O)c1. The molecule has 5 heteroatoms. The molecule has 0 saturated heterocycles. The topological polar surface area (TPSA) is 68.4 Å². The lowest BCUT2D eigenvalue weighted by atomic mass is 10.2. The molecule has 0 aliphatic carbocycles. The summed E-state index contributed by atoms with van der Waals surface area (Å²) >= 11 is 0. The third kappa shape index (κ3) is 5.70. The van der Waals surface area contributed by atoms with Crippen LogP contribution in [0.5, 0.6) is 0 Å². The summed E-state index contributed by atoms with van der Waals surface area (Å²) in [5, 5.41) is 0. The Bertz CT molecular complexity index is 453. The fraction of sp³-hybridized carbons (Fsp3) is 0.571. The van der Waals surface area contributed by atoms with Gasteiger partial charge in [-0.2, -0.15) is 0 Å². The molecule has 5 nitrogen and oxygen atoms in total. The van der Waals surface area contributed by atoms with Crippen molar-refractivity contribution in [2.24, 2.45) is 0 Å². The first-order chi connectivity index (χ1) is 9.17. The fourth-order valence-electron chi connectivity index (χ4n) is 1.53. The van der Waals surface area contributed by atoms with E-state index in [9.17, 15) is 9.59 Å². The molecule has 0 aliphatic heterocycles. The largest absolute Gasteiger partial charge is 0.460 e. The zero-order valence-electron chi connectivity index (χ0n) is 11.5. The molecule has 0 amide bonds. The van der Waals surface area contributed by atoms with Gasteiger partial charge in [0.25, 0.3) is 0 Å². The summed E-state index contributed by atoms with van der Waals surface area (Å²) in [6.45, 7) is 5.26. The molecule has 19 heavy (non-hydrogen) atoms. The highest BCUT2D eigenvalue weighted by molar-refractivity contribution is 5.89. The fourth-order valence-corrected chi connectivity index (χ4v) is 1.53. The number of carbonyl (C=O) groups excluding carboxylic acids is 1. The second kappa shape index (κ2) is 8.48. The Morgan fingerprint density at radius 1 is 1.21 bits per heavy atom. The number of unbranched alkanes of at least 4 members (excludes halogenated alkanes) is 1. The predicted octanol–water partition coefficient (Wildman–Crippen LogP) is 1.91. The van der Waals surface area contributed by atoms with Gasteiger partial charge in [-0.3, -0.25) is 4.79 Å². The third-order valence-electron chi connectivity index (χ3n) is 2.62. The predicted molar refractivity (Wildman–Crippen MR) is 72.5 cm³/mol. The van der Waals surface area contributed by atoms with Crippen LogP contribution in [-0.2, 0) is 15.9 Å². The number of rotatable bonds is 8. The van der Waals surface area contributed by atoms with Crippen LogP contribution in [0.3, 0.4) is 0 Å². The molecule has 0 radical (unpaired) electrons. The monoisotopic (exact) mass is 267 g/mol. The molecule has 0 bridgehead atoms. The normalized spacial score (nSPS) is 10.4. The Morgan fingerprint density at radius 3 is 2.68 bits per heavy atom. The molecule has 0 atom stereocenters. The lowest BCUT2D eigenvalue weighted by Crippen LogP contribution is -2.16. The second-order valence-electron chi connectivity index (χ2n) is 4.21. The van der Waals surface area contributed by atoms with E-state index in [-0.39, 0.29) is 17.7 Å². The van der Waals surface area contributed by atoms with Crippen molar-refractivity contribution >= 4 is 5.97 Å². The van der Waals surface area contributed by atoms with Crippen molar-refractivity contribution in [3.63, 3.8) is 0 Å². The van der Waals surface area contributed by atoms with Crippen LogP contribution >= 0.6 is 0 Å². The smallest absolute Gasteiger partial charge is 0.338 e. The van der Waals surface area contributed by atoms with E-state index in [1.165, 1.54) is 6.07 Å². The molecule has 1 N–H and O–H groups in total. The summed E-state index contributed by atoms with van der Waals surface area (Å²) in [7, 11) is 0. The Morgan fingerprint density at radius 2 is 2.00 bits per heavy atom. The highest BCUT2D eigenvalue weighted by atomic mass is 16.6. The van der Waals surface area contributed by atoms with Gasteiger partial charge in [0.05, 0.1) is 12.2 Å². The Hall–Kier alpha value is -1.62. The van der Waals surface area contributed by atoms with Crippen molar-refractivity contribution in [1.29, 1.82) is 0 Å². The maximum atomic E-state index is 11.7. The summed E-state index contributed by atoms with van der Waals surface area (Å²) in [4.78, 5) is 25.7. The van der Waals surface area contributed by atoms with E-state index >= 15 is 0 Å². The van der Waals surface area contributed by atoms with Gasteiger partial charge in [-0.15, -0.1) is 0 Å². The minimum atomic E-state index is -0.486. The number of H-pyrrole nitrogens is 1. The molecular weight excluding hydrogens is 246 g/mol. The van der Waals surface area contributed by atoms with Gasteiger partial charge in [0.15, 0.2) is 0 Å². The van der Waals surface area contributed by atoms with E-state index < -0.39 is 5.97 Å². The molecule has 1 aromatic rings. The van der Waals surface area contributed by atoms with Gasteiger partial charge in [-0.05, 0) is 18.9 Å².